The molecule has 0 radical (unpaired) electrons. The van der Waals surface area contributed by atoms with Crippen LogP contribution in [0.15, 0.2) is 78.9 Å². The Hall–Kier alpha value is -4.76. The number of amides is 2. The van der Waals surface area contributed by atoms with Crippen LogP contribution in [0, 0.1) is 0 Å². The number of para-hydroxylation sites is 1. The number of aliphatic carboxylic acids is 1. The van der Waals surface area contributed by atoms with Crippen molar-refractivity contribution in [1.29, 1.82) is 0 Å². The van der Waals surface area contributed by atoms with E-state index in [1.807, 2.05) is 35.0 Å². The summed E-state index contributed by atoms with van der Waals surface area (Å²) in [6.45, 7) is 0.401. The molecule has 0 spiro atoms. The average Bonchev–Trinajstić information content (AvgIpc) is 3.67. The minimum atomic E-state index is -1.23. The Kier molecular flexibility index (Phi) is 8.07. The van der Waals surface area contributed by atoms with Gasteiger partial charge >= 0.3 is 5.97 Å². The maximum absolute atomic E-state index is 13.6. The molecule has 0 bridgehead atoms. The minimum Gasteiger partial charge on any atom is -0.478 e. The number of carboxylic acid groups (broad SMARTS) is 1. The van der Waals surface area contributed by atoms with Gasteiger partial charge in [0.25, 0.3) is 11.8 Å². The first kappa shape index (κ1) is 28.4. The minimum absolute atomic E-state index is 0.0563. The van der Waals surface area contributed by atoms with Crippen molar-refractivity contribution in [3.8, 4) is 5.69 Å². The van der Waals surface area contributed by atoms with Crippen molar-refractivity contribution in [2.75, 3.05) is 18.5 Å². The molecule has 3 N–H and O–H groups in total. The second-order valence-electron chi connectivity index (χ2n) is 11.3. The summed E-state index contributed by atoms with van der Waals surface area (Å²) in [5, 5.41) is 20.7. The molecule has 4 aromatic rings. The van der Waals surface area contributed by atoms with Crippen LogP contribution < -0.4 is 10.6 Å². The molecule has 1 aromatic heterocycles. The standard InChI is InChI=1S/C34H34N4O5/c39-30(40)18-13-23-11-15-26(16-12-23)35-33(42)34(19-20-43-22-34)36-32(41)25-14-17-28-29(21-25)37-38(27-9-5-2-6-10-27)31(28)24-7-3-1-4-8-24/h2,5-6,9-18,21,24H,1,3-4,7-8,19-20,22H2,(H,35,42)(H,36,41)(H,39,40)/t34-/m1/s1. The van der Waals surface area contributed by atoms with Crippen LogP contribution in [0.25, 0.3) is 22.7 Å². The number of carboxylic acids is 1. The van der Waals surface area contributed by atoms with Crippen molar-refractivity contribution in [3.05, 3.63) is 95.7 Å². The van der Waals surface area contributed by atoms with Crippen LogP contribution in [-0.2, 0) is 14.3 Å². The predicted molar refractivity (Wildman–Crippen MR) is 164 cm³/mol. The van der Waals surface area contributed by atoms with E-state index in [0.29, 0.717) is 35.8 Å². The Bertz CT molecular complexity index is 1660. The van der Waals surface area contributed by atoms with Gasteiger partial charge in [0.05, 0.1) is 23.5 Å². The van der Waals surface area contributed by atoms with E-state index in [1.54, 1.807) is 30.3 Å². The van der Waals surface area contributed by atoms with Gasteiger partial charge in [-0.25, -0.2) is 9.48 Å². The number of nitrogens with one attached hydrogen (secondary N) is 2. The Morgan fingerprint density at radius 2 is 1.74 bits per heavy atom. The van der Waals surface area contributed by atoms with Crippen molar-refractivity contribution in [2.45, 2.75) is 50.0 Å². The molecule has 220 valence electrons. The molecule has 1 aliphatic carbocycles. The lowest BCUT2D eigenvalue weighted by Crippen LogP contribution is -2.57. The zero-order valence-electron chi connectivity index (χ0n) is 23.8. The molecule has 43 heavy (non-hydrogen) atoms. The number of rotatable bonds is 8. The molecule has 3 aromatic carbocycles. The number of carbonyl (C=O) groups is 3. The number of ether oxygens (including phenoxy) is 1. The molecule has 2 amide bonds. The van der Waals surface area contributed by atoms with Crippen molar-refractivity contribution < 1.29 is 24.2 Å². The summed E-state index contributed by atoms with van der Waals surface area (Å²) in [6, 6.07) is 22.5. The van der Waals surface area contributed by atoms with Crippen LogP contribution >= 0.6 is 0 Å². The number of benzene rings is 3. The summed E-state index contributed by atoms with van der Waals surface area (Å²) < 4.78 is 7.61. The quantitative estimate of drug-likeness (QED) is 0.231. The van der Waals surface area contributed by atoms with Gasteiger partial charge in [-0.05, 0) is 60.9 Å². The topological polar surface area (TPSA) is 123 Å². The van der Waals surface area contributed by atoms with E-state index in [9.17, 15) is 14.4 Å². The van der Waals surface area contributed by atoms with Gasteiger partial charge in [0, 0.05) is 41.7 Å². The molecule has 1 atom stereocenters. The predicted octanol–water partition coefficient (Wildman–Crippen LogP) is 5.70. The molecule has 1 saturated heterocycles. The molecular formula is C34H34N4O5. The van der Waals surface area contributed by atoms with E-state index in [2.05, 4.69) is 22.8 Å². The molecule has 1 aliphatic heterocycles. The largest absolute Gasteiger partial charge is 0.478 e. The fraction of sp³-hybridized carbons (Fsp3) is 0.294. The van der Waals surface area contributed by atoms with Crippen LogP contribution in [0.5, 0.6) is 0 Å². The van der Waals surface area contributed by atoms with Gasteiger partial charge in [-0.15, -0.1) is 0 Å². The maximum atomic E-state index is 13.6. The average molecular weight is 579 g/mol. The zero-order chi connectivity index (χ0) is 29.8. The molecule has 9 nitrogen and oxygen atoms in total. The number of fused-ring (bicyclic) bond motifs is 1. The molecule has 2 aliphatic rings. The van der Waals surface area contributed by atoms with Crippen LogP contribution in [-0.4, -0.2) is 51.4 Å². The highest BCUT2D eigenvalue weighted by Gasteiger charge is 2.44. The maximum Gasteiger partial charge on any atom is 0.328 e. The molecule has 2 heterocycles. The summed E-state index contributed by atoms with van der Waals surface area (Å²) >= 11 is 0. The molecule has 1 saturated carbocycles. The number of carbonyl (C=O) groups excluding carboxylic acids is 2. The van der Waals surface area contributed by atoms with Gasteiger partial charge in [-0.1, -0.05) is 55.7 Å². The number of hydrogen-bond donors (Lipinski definition) is 3. The van der Waals surface area contributed by atoms with Crippen molar-refractivity contribution >= 4 is 40.4 Å². The second kappa shape index (κ2) is 12.2. The van der Waals surface area contributed by atoms with Gasteiger partial charge in [-0.2, -0.15) is 5.10 Å². The smallest absolute Gasteiger partial charge is 0.328 e. The Balaban J connectivity index is 1.24. The van der Waals surface area contributed by atoms with Crippen molar-refractivity contribution in [3.63, 3.8) is 0 Å². The number of anilines is 1. The van der Waals surface area contributed by atoms with E-state index in [-0.39, 0.29) is 18.4 Å². The molecule has 0 unspecified atom stereocenters. The molecule has 6 rings (SSSR count). The molecule has 9 heteroatoms. The number of nitrogens with zero attached hydrogens (tertiary/aromatic N) is 2. The highest BCUT2D eigenvalue weighted by molar-refractivity contribution is 6.05. The highest BCUT2D eigenvalue weighted by Crippen LogP contribution is 2.38. The van der Waals surface area contributed by atoms with Crippen molar-refractivity contribution in [1.82, 2.24) is 15.1 Å². The first-order valence-corrected chi connectivity index (χ1v) is 14.7. The third kappa shape index (κ3) is 6.08. The molecular weight excluding hydrogens is 544 g/mol. The van der Waals surface area contributed by atoms with E-state index in [4.69, 9.17) is 14.9 Å². The second-order valence-corrected chi connectivity index (χ2v) is 11.3. The van der Waals surface area contributed by atoms with E-state index in [1.165, 1.54) is 31.0 Å². The Morgan fingerprint density at radius 1 is 0.977 bits per heavy atom. The summed E-state index contributed by atoms with van der Waals surface area (Å²) in [6.07, 6.45) is 8.75. The van der Waals surface area contributed by atoms with Gasteiger partial charge in [0.15, 0.2) is 0 Å². The first-order valence-electron chi connectivity index (χ1n) is 14.7. The van der Waals surface area contributed by atoms with Crippen LogP contribution in [0.3, 0.4) is 0 Å². The van der Waals surface area contributed by atoms with Crippen molar-refractivity contribution in [2.24, 2.45) is 0 Å². The fourth-order valence-electron chi connectivity index (χ4n) is 6.07. The van der Waals surface area contributed by atoms with Gasteiger partial charge < -0.3 is 20.5 Å². The normalized spacial score (nSPS) is 19.1. The van der Waals surface area contributed by atoms with Gasteiger partial charge in [-0.3, -0.25) is 9.59 Å². The van der Waals surface area contributed by atoms with E-state index >= 15 is 0 Å². The van der Waals surface area contributed by atoms with Gasteiger partial charge in [0.2, 0.25) is 0 Å². The highest BCUT2D eigenvalue weighted by atomic mass is 16.5. The SMILES string of the molecule is O=C(O)C=Cc1ccc(NC(=O)[C@@]2(NC(=O)c3ccc4c(C5CCCCC5)n(-c5ccccc5)nc4c3)CCOC2)cc1. The fourth-order valence-corrected chi connectivity index (χ4v) is 6.07. The lowest BCUT2D eigenvalue weighted by Gasteiger charge is -2.27. The Labute approximate surface area is 249 Å². The zero-order valence-corrected chi connectivity index (χ0v) is 23.8. The number of aromatic nitrogens is 2. The molecule has 2 fully saturated rings. The summed E-state index contributed by atoms with van der Waals surface area (Å²) in [7, 11) is 0. The lowest BCUT2D eigenvalue weighted by molar-refractivity contribution is -0.131. The van der Waals surface area contributed by atoms with Gasteiger partial charge in [0.1, 0.15) is 5.54 Å². The van der Waals surface area contributed by atoms with E-state index < -0.39 is 11.5 Å². The van der Waals surface area contributed by atoms with Crippen LogP contribution in [0.1, 0.15) is 66.1 Å². The summed E-state index contributed by atoms with van der Waals surface area (Å²) in [4.78, 5) is 37.9. The summed E-state index contributed by atoms with van der Waals surface area (Å²) in [5.41, 5.74) is 3.34. The third-order valence-electron chi connectivity index (χ3n) is 8.36. The third-order valence-corrected chi connectivity index (χ3v) is 8.36. The Morgan fingerprint density at radius 3 is 2.44 bits per heavy atom. The number of hydrogen-bond acceptors (Lipinski definition) is 5. The van der Waals surface area contributed by atoms with Crippen LogP contribution in [0.4, 0.5) is 5.69 Å². The summed E-state index contributed by atoms with van der Waals surface area (Å²) in [5.74, 6) is -1.38. The van der Waals surface area contributed by atoms with Crippen LogP contribution in [0.2, 0.25) is 0 Å². The van der Waals surface area contributed by atoms with E-state index in [0.717, 1.165) is 35.5 Å². The monoisotopic (exact) mass is 578 g/mol. The lowest BCUT2D eigenvalue weighted by atomic mass is 9.85. The first-order chi connectivity index (χ1) is 20.9.